The van der Waals surface area contributed by atoms with Crippen molar-refractivity contribution in [3.63, 3.8) is 0 Å². The maximum atomic E-state index is 12.8. The van der Waals surface area contributed by atoms with Crippen LogP contribution in [0.1, 0.15) is 51.4 Å². The minimum Gasteiger partial charge on any atom is -0.444 e. The number of hydrogen-bond donors (Lipinski definition) is 1. The lowest BCUT2D eigenvalue weighted by Crippen LogP contribution is -2.52. The summed E-state index contributed by atoms with van der Waals surface area (Å²) < 4.78 is 15.8. The van der Waals surface area contributed by atoms with Crippen LogP contribution >= 0.6 is 0 Å². The number of nitrogens with zero attached hydrogens (tertiary/aromatic N) is 6. The van der Waals surface area contributed by atoms with Crippen molar-refractivity contribution in [3.8, 4) is 28.6 Å². The summed E-state index contributed by atoms with van der Waals surface area (Å²) in [7, 11) is -1.20. The van der Waals surface area contributed by atoms with E-state index in [1.165, 1.54) is 0 Å². The fourth-order valence-corrected chi connectivity index (χ4v) is 6.57. The Balaban J connectivity index is 1.37. The molecule has 0 saturated heterocycles. The van der Waals surface area contributed by atoms with Crippen LogP contribution in [-0.4, -0.2) is 55.4 Å². The zero-order valence-corrected chi connectivity index (χ0v) is 29.5. The molecule has 1 aliphatic rings. The third-order valence-electron chi connectivity index (χ3n) is 8.56. The molecular weight excluding hydrogens is 607 g/mol. The average Bonchev–Trinajstić information content (AvgIpc) is 3.56. The predicted molar refractivity (Wildman–Crippen MR) is 187 cm³/mol. The zero-order chi connectivity index (χ0) is 33.4. The summed E-state index contributed by atoms with van der Waals surface area (Å²) in [6.45, 7) is 15.7. The number of aromatic nitrogens is 6. The Morgan fingerprint density at radius 2 is 1.70 bits per heavy atom. The number of imidazole rings is 2. The molecule has 0 unspecified atom stereocenters. The van der Waals surface area contributed by atoms with E-state index in [0.717, 1.165) is 59.5 Å². The van der Waals surface area contributed by atoms with E-state index in [0.29, 0.717) is 30.3 Å². The Morgan fingerprint density at radius 3 is 2.34 bits per heavy atom. The summed E-state index contributed by atoms with van der Waals surface area (Å²) >= 11 is 0. The summed E-state index contributed by atoms with van der Waals surface area (Å²) in [6, 6.07) is 19.5. The highest BCUT2D eigenvalue weighted by atomic mass is 28.3. The smallest absolute Gasteiger partial charge is 0.408 e. The second-order valence-corrected chi connectivity index (χ2v) is 20.2. The second kappa shape index (κ2) is 12.7. The largest absolute Gasteiger partial charge is 0.444 e. The van der Waals surface area contributed by atoms with Gasteiger partial charge in [-0.25, -0.2) is 24.7 Å². The number of benzene rings is 2. The lowest BCUT2D eigenvalue weighted by molar-refractivity contribution is 0.0377. The topological polar surface area (TPSA) is 109 Å². The third kappa shape index (κ3) is 7.16. The summed E-state index contributed by atoms with van der Waals surface area (Å²) in [5.74, 6) is 2.17. The molecule has 0 aliphatic heterocycles. The van der Waals surface area contributed by atoms with Gasteiger partial charge in [-0.1, -0.05) is 62.1 Å². The van der Waals surface area contributed by atoms with Crippen molar-refractivity contribution in [1.82, 2.24) is 34.4 Å². The number of fused-ring (bicyclic) bond motifs is 1. The van der Waals surface area contributed by atoms with Crippen molar-refractivity contribution < 1.29 is 14.3 Å². The Labute approximate surface area is 277 Å². The first-order valence-electron chi connectivity index (χ1n) is 16.4. The van der Waals surface area contributed by atoms with E-state index in [1.54, 1.807) is 6.20 Å². The highest BCUT2D eigenvalue weighted by molar-refractivity contribution is 6.76. The number of rotatable bonds is 10. The van der Waals surface area contributed by atoms with Crippen molar-refractivity contribution in [3.05, 3.63) is 78.4 Å². The fourth-order valence-electron chi connectivity index (χ4n) is 5.81. The monoisotopic (exact) mass is 651 g/mol. The van der Waals surface area contributed by atoms with Gasteiger partial charge in [-0.05, 0) is 70.7 Å². The molecule has 1 fully saturated rings. The van der Waals surface area contributed by atoms with Gasteiger partial charge < -0.3 is 19.4 Å². The van der Waals surface area contributed by atoms with E-state index in [9.17, 15) is 4.79 Å². The van der Waals surface area contributed by atoms with Crippen LogP contribution in [0.15, 0.2) is 67.0 Å². The molecule has 1 aliphatic carbocycles. The Bertz CT molecular complexity index is 1870. The van der Waals surface area contributed by atoms with Gasteiger partial charge in [0.2, 0.25) is 0 Å². The second-order valence-electron chi connectivity index (χ2n) is 14.6. The SMILES string of the molecule is Cc1ncc(-c2ncc3nc(-c4ccccc4)n(-c4ccc(C5(NC(=O)OC(C)(C)C)CCC5)cc4)c3n2)n1COCC[Si](C)(C)C. The number of nitrogens with one attached hydrogen (secondary N) is 1. The third-order valence-corrected chi connectivity index (χ3v) is 10.3. The molecule has 1 saturated carbocycles. The molecule has 2 aromatic carbocycles. The highest BCUT2D eigenvalue weighted by Crippen LogP contribution is 2.42. The van der Waals surface area contributed by atoms with Crippen molar-refractivity contribution >= 4 is 25.3 Å². The number of aryl methyl sites for hydroxylation is 1. The molecule has 3 heterocycles. The molecule has 0 spiro atoms. The van der Waals surface area contributed by atoms with Crippen molar-refractivity contribution in [2.24, 2.45) is 0 Å². The number of ether oxygens (including phenoxy) is 2. The summed E-state index contributed by atoms with van der Waals surface area (Å²) in [5.41, 5.74) is 4.09. The molecule has 246 valence electrons. The van der Waals surface area contributed by atoms with E-state index in [-0.39, 0.29) is 0 Å². The normalized spacial score (nSPS) is 14.6. The Morgan fingerprint density at radius 1 is 0.979 bits per heavy atom. The lowest BCUT2D eigenvalue weighted by atomic mass is 9.72. The van der Waals surface area contributed by atoms with Gasteiger partial charge in [0.15, 0.2) is 11.5 Å². The summed E-state index contributed by atoms with van der Waals surface area (Å²) in [4.78, 5) is 32.1. The van der Waals surface area contributed by atoms with Crippen LogP contribution in [0, 0.1) is 6.92 Å². The molecule has 0 bridgehead atoms. The van der Waals surface area contributed by atoms with E-state index in [4.69, 9.17) is 24.4 Å². The van der Waals surface area contributed by atoms with Crippen LogP contribution in [0.2, 0.25) is 25.7 Å². The average molecular weight is 652 g/mol. The van der Waals surface area contributed by atoms with Crippen LogP contribution in [0.25, 0.3) is 39.8 Å². The fraction of sp³-hybridized carbons (Fsp3) is 0.417. The van der Waals surface area contributed by atoms with E-state index < -0.39 is 25.3 Å². The number of amides is 1. The van der Waals surface area contributed by atoms with E-state index >= 15 is 0 Å². The predicted octanol–water partition coefficient (Wildman–Crippen LogP) is 7.87. The minimum atomic E-state index is -1.20. The van der Waals surface area contributed by atoms with Gasteiger partial charge in [-0.3, -0.25) is 4.57 Å². The van der Waals surface area contributed by atoms with Crippen LogP contribution < -0.4 is 5.32 Å². The number of carbonyl (C=O) groups excluding carboxylic acids is 1. The van der Waals surface area contributed by atoms with Gasteiger partial charge in [0.25, 0.3) is 0 Å². The van der Waals surface area contributed by atoms with E-state index in [1.807, 2.05) is 68.8 Å². The molecule has 10 nitrogen and oxygen atoms in total. The molecule has 6 rings (SSSR count). The molecule has 11 heteroatoms. The van der Waals surface area contributed by atoms with Crippen LogP contribution in [0.5, 0.6) is 0 Å². The molecule has 1 amide bonds. The van der Waals surface area contributed by atoms with Gasteiger partial charge in [-0.2, -0.15) is 0 Å². The van der Waals surface area contributed by atoms with Crippen molar-refractivity contribution in [2.75, 3.05) is 6.61 Å². The zero-order valence-electron chi connectivity index (χ0n) is 28.5. The minimum absolute atomic E-state index is 0.391. The lowest BCUT2D eigenvalue weighted by Gasteiger charge is -2.43. The molecule has 47 heavy (non-hydrogen) atoms. The van der Waals surface area contributed by atoms with Crippen molar-refractivity contribution in [1.29, 1.82) is 0 Å². The number of hydrogen-bond acceptors (Lipinski definition) is 7. The van der Waals surface area contributed by atoms with Gasteiger partial charge in [0.1, 0.15) is 35.2 Å². The van der Waals surface area contributed by atoms with Crippen LogP contribution in [-0.2, 0) is 21.7 Å². The molecule has 5 aromatic rings. The van der Waals surface area contributed by atoms with Crippen LogP contribution in [0.4, 0.5) is 4.79 Å². The maximum absolute atomic E-state index is 12.8. The van der Waals surface area contributed by atoms with Gasteiger partial charge in [-0.15, -0.1) is 0 Å². The molecular formula is C36H45N7O3Si. The van der Waals surface area contributed by atoms with Crippen molar-refractivity contribution in [2.45, 2.75) is 90.5 Å². The summed E-state index contributed by atoms with van der Waals surface area (Å²) in [5, 5.41) is 3.16. The maximum Gasteiger partial charge on any atom is 0.408 e. The molecule has 0 atom stereocenters. The first kappa shape index (κ1) is 32.6. The summed E-state index contributed by atoms with van der Waals surface area (Å²) in [6.07, 6.45) is 5.96. The van der Waals surface area contributed by atoms with E-state index in [2.05, 4.69) is 58.8 Å². The number of carbonyl (C=O) groups is 1. The van der Waals surface area contributed by atoms with Gasteiger partial charge in [0, 0.05) is 25.9 Å². The Kier molecular flexibility index (Phi) is 8.79. The van der Waals surface area contributed by atoms with Gasteiger partial charge in [0.05, 0.1) is 17.9 Å². The molecule has 0 radical (unpaired) electrons. The molecule has 1 N–H and O–H groups in total. The van der Waals surface area contributed by atoms with Gasteiger partial charge >= 0.3 is 6.09 Å². The Hall–Kier alpha value is -4.35. The standard InChI is InChI=1S/C36H45N7O3Si/c1-25-37-23-30(42(25)24-45-20-21-47(5,6)7)31-38-22-29-33(40-31)43(32(39-29)26-12-9-8-10-13-26)28-16-14-27(15-17-28)36(18-11-19-36)41-34(44)46-35(2,3)4/h8-10,12-17,22-23H,11,18-21,24H2,1-7H3,(H,41,44). The molecule has 3 aromatic heterocycles. The first-order chi connectivity index (χ1) is 22.3. The van der Waals surface area contributed by atoms with Crippen LogP contribution in [0.3, 0.4) is 0 Å². The highest BCUT2D eigenvalue weighted by Gasteiger charge is 2.41. The quantitative estimate of drug-likeness (QED) is 0.121. The number of alkyl carbamates (subject to hydrolysis) is 1. The first-order valence-corrected chi connectivity index (χ1v) is 20.1.